The number of ether oxygens (including phenoxy) is 1. The Hall–Kier alpha value is -3.45. The van der Waals surface area contributed by atoms with E-state index >= 15 is 0 Å². The number of phenols is 3. The first kappa shape index (κ1) is 19.3. The molecule has 0 spiro atoms. The molecular weight excluding hydrogens is 364 g/mol. The number of methoxy groups -OCH3 is 1. The van der Waals surface area contributed by atoms with E-state index in [1.54, 1.807) is 19.1 Å². The third kappa shape index (κ3) is 3.39. The highest BCUT2D eigenvalue weighted by Gasteiger charge is 2.19. The molecule has 2 aromatic carbocycles. The van der Waals surface area contributed by atoms with Gasteiger partial charge in [0, 0.05) is 11.6 Å². The number of phenolic OH excluding ortho intramolecular Hbond substituents is 3. The van der Waals surface area contributed by atoms with Crippen LogP contribution in [0.4, 0.5) is 0 Å². The largest absolute Gasteiger partial charge is 0.507 e. The van der Waals surface area contributed by atoms with Crippen LogP contribution in [0.5, 0.6) is 23.0 Å². The number of rotatable bonds is 5. The molecule has 3 aromatic rings. The molecule has 1 aromatic heterocycles. The summed E-state index contributed by atoms with van der Waals surface area (Å²) in [5, 5.41) is 39.5. The summed E-state index contributed by atoms with van der Waals surface area (Å²) in [7, 11) is 1.41. The van der Waals surface area contributed by atoms with Gasteiger partial charge in [-0.2, -0.15) is 0 Å². The molecule has 0 amide bonds. The lowest BCUT2D eigenvalue weighted by atomic mass is 10.0. The fourth-order valence-electron chi connectivity index (χ4n) is 2.92. The van der Waals surface area contributed by atoms with E-state index in [9.17, 15) is 20.1 Å². The van der Waals surface area contributed by atoms with Crippen LogP contribution >= 0.6 is 0 Å². The molecule has 3 rings (SSSR count). The standard InChI is InChI=1S/C21H20O7/c1-11(9-22)3-5-13-15(23)8-17(25)19-20(26)14(10-28-21(13)19)12-4-6-18(27-2)16(24)7-12/h3-4,6-8,10,22-25H,5,9H2,1-2H3. The molecule has 7 nitrogen and oxygen atoms in total. The van der Waals surface area contributed by atoms with Crippen LogP contribution in [0.25, 0.3) is 22.1 Å². The van der Waals surface area contributed by atoms with Gasteiger partial charge in [0.25, 0.3) is 0 Å². The summed E-state index contributed by atoms with van der Waals surface area (Å²) in [5.41, 5.74) is 1.09. The van der Waals surface area contributed by atoms with Gasteiger partial charge in [0.15, 0.2) is 11.5 Å². The maximum atomic E-state index is 13.0. The summed E-state index contributed by atoms with van der Waals surface area (Å²) >= 11 is 0. The Morgan fingerprint density at radius 3 is 2.54 bits per heavy atom. The van der Waals surface area contributed by atoms with Crippen molar-refractivity contribution in [2.45, 2.75) is 13.3 Å². The number of aliphatic hydroxyl groups excluding tert-OH is 1. The van der Waals surface area contributed by atoms with Crippen LogP contribution in [0.1, 0.15) is 12.5 Å². The van der Waals surface area contributed by atoms with E-state index < -0.39 is 11.2 Å². The van der Waals surface area contributed by atoms with Gasteiger partial charge < -0.3 is 29.6 Å². The fraction of sp³-hybridized carbons (Fsp3) is 0.190. The molecule has 0 fully saturated rings. The third-order valence-electron chi connectivity index (χ3n) is 4.50. The average Bonchev–Trinajstić information content (AvgIpc) is 2.67. The first-order chi connectivity index (χ1) is 13.4. The highest BCUT2D eigenvalue weighted by Crippen LogP contribution is 2.36. The maximum absolute atomic E-state index is 13.0. The van der Waals surface area contributed by atoms with Gasteiger partial charge >= 0.3 is 0 Å². The van der Waals surface area contributed by atoms with Crippen molar-refractivity contribution in [3.05, 3.63) is 58.0 Å². The Kier molecular flexibility index (Phi) is 5.28. The zero-order valence-corrected chi connectivity index (χ0v) is 15.4. The Balaban J connectivity index is 2.21. The Bertz CT molecular complexity index is 1130. The molecule has 7 heteroatoms. The molecule has 0 saturated carbocycles. The normalized spacial score (nSPS) is 11.8. The Morgan fingerprint density at radius 2 is 1.89 bits per heavy atom. The lowest BCUT2D eigenvalue weighted by Gasteiger charge is -2.11. The molecule has 146 valence electrons. The molecule has 0 saturated heterocycles. The van der Waals surface area contributed by atoms with Crippen molar-refractivity contribution in [2.75, 3.05) is 13.7 Å². The number of hydrogen-bond acceptors (Lipinski definition) is 7. The zero-order valence-electron chi connectivity index (χ0n) is 15.4. The lowest BCUT2D eigenvalue weighted by molar-refractivity contribution is 0.331. The molecule has 0 bridgehead atoms. The van der Waals surface area contributed by atoms with Crippen molar-refractivity contribution in [1.82, 2.24) is 0 Å². The van der Waals surface area contributed by atoms with Crippen molar-refractivity contribution in [1.29, 1.82) is 0 Å². The monoisotopic (exact) mass is 384 g/mol. The number of hydrogen-bond donors (Lipinski definition) is 4. The van der Waals surface area contributed by atoms with Crippen LogP contribution in [0.2, 0.25) is 0 Å². The van der Waals surface area contributed by atoms with E-state index in [4.69, 9.17) is 14.3 Å². The second kappa shape index (κ2) is 7.66. The molecule has 1 heterocycles. The van der Waals surface area contributed by atoms with Gasteiger partial charge in [-0.05, 0) is 31.0 Å². The van der Waals surface area contributed by atoms with Crippen LogP contribution in [0.15, 0.2) is 51.4 Å². The van der Waals surface area contributed by atoms with Gasteiger partial charge in [0.1, 0.15) is 28.7 Å². The van der Waals surface area contributed by atoms with E-state index in [0.29, 0.717) is 16.7 Å². The van der Waals surface area contributed by atoms with E-state index in [1.165, 1.54) is 25.5 Å². The summed E-state index contributed by atoms with van der Waals surface area (Å²) in [6, 6.07) is 5.55. The van der Waals surface area contributed by atoms with Crippen molar-refractivity contribution in [3.8, 4) is 34.1 Å². The fourth-order valence-corrected chi connectivity index (χ4v) is 2.92. The van der Waals surface area contributed by atoms with Crippen LogP contribution in [-0.2, 0) is 6.42 Å². The summed E-state index contributed by atoms with van der Waals surface area (Å²) in [6.45, 7) is 1.59. The average molecular weight is 384 g/mol. The van der Waals surface area contributed by atoms with Gasteiger partial charge in [-0.1, -0.05) is 17.7 Å². The van der Waals surface area contributed by atoms with Crippen molar-refractivity contribution < 1.29 is 29.6 Å². The number of aliphatic hydroxyl groups is 1. The first-order valence-electron chi connectivity index (χ1n) is 8.50. The first-order valence-corrected chi connectivity index (χ1v) is 8.50. The molecule has 28 heavy (non-hydrogen) atoms. The smallest absolute Gasteiger partial charge is 0.204 e. The second-order valence-electron chi connectivity index (χ2n) is 6.38. The van der Waals surface area contributed by atoms with E-state index in [0.717, 1.165) is 6.07 Å². The van der Waals surface area contributed by atoms with Gasteiger partial charge in [-0.25, -0.2) is 0 Å². The van der Waals surface area contributed by atoms with Crippen LogP contribution in [0, 0.1) is 0 Å². The van der Waals surface area contributed by atoms with Gasteiger partial charge in [-0.3, -0.25) is 4.79 Å². The zero-order chi connectivity index (χ0) is 20.4. The van der Waals surface area contributed by atoms with E-state index in [-0.39, 0.29) is 46.8 Å². The highest BCUT2D eigenvalue weighted by molar-refractivity contribution is 5.91. The van der Waals surface area contributed by atoms with Crippen LogP contribution in [-0.4, -0.2) is 34.1 Å². The molecular formula is C21H20O7. The highest BCUT2D eigenvalue weighted by atomic mass is 16.5. The maximum Gasteiger partial charge on any atom is 0.204 e. The quantitative estimate of drug-likeness (QED) is 0.499. The number of aromatic hydroxyl groups is 3. The third-order valence-corrected chi connectivity index (χ3v) is 4.50. The predicted octanol–water partition coefficient (Wildman–Crippen LogP) is 3.07. The Labute approximate surface area is 160 Å². The molecule has 0 radical (unpaired) electrons. The number of benzene rings is 2. The second-order valence-corrected chi connectivity index (χ2v) is 6.38. The molecule has 4 N–H and O–H groups in total. The van der Waals surface area contributed by atoms with Crippen molar-refractivity contribution >= 4 is 11.0 Å². The molecule has 0 atom stereocenters. The van der Waals surface area contributed by atoms with Crippen LogP contribution in [0.3, 0.4) is 0 Å². The number of fused-ring (bicyclic) bond motifs is 1. The van der Waals surface area contributed by atoms with E-state index in [1.807, 2.05) is 0 Å². The Morgan fingerprint density at radius 1 is 1.14 bits per heavy atom. The molecule has 0 aliphatic carbocycles. The molecule has 0 aliphatic rings. The summed E-state index contributed by atoms with van der Waals surface area (Å²) in [5.74, 6) is -0.507. The minimum atomic E-state index is -0.507. The predicted molar refractivity (Wildman–Crippen MR) is 104 cm³/mol. The lowest BCUT2D eigenvalue weighted by Crippen LogP contribution is -2.06. The van der Waals surface area contributed by atoms with Crippen LogP contribution < -0.4 is 10.2 Å². The topological polar surface area (TPSA) is 120 Å². The SMILES string of the molecule is COc1ccc(-c2coc3c(CC=C(C)CO)c(O)cc(O)c3c2=O)cc1O. The van der Waals surface area contributed by atoms with Gasteiger partial charge in [0.2, 0.25) is 5.43 Å². The summed E-state index contributed by atoms with van der Waals surface area (Å²) < 4.78 is 10.6. The van der Waals surface area contributed by atoms with Crippen molar-refractivity contribution in [3.63, 3.8) is 0 Å². The number of allylic oxidation sites excluding steroid dienone is 1. The molecule has 0 unspecified atom stereocenters. The summed E-state index contributed by atoms with van der Waals surface area (Å²) in [4.78, 5) is 13.0. The minimum Gasteiger partial charge on any atom is -0.507 e. The van der Waals surface area contributed by atoms with E-state index in [2.05, 4.69) is 0 Å². The van der Waals surface area contributed by atoms with Gasteiger partial charge in [-0.15, -0.1) is 0 Å². The van der Waals surface area contributed by atoms with Gasteiger partial charge in [0.05, 0.1) is 19.3 Å². The summed E-state index contributed by atoms with van der Waals surface area (Å²) in [6.07, 6.45) is 3.12. The molecule has 0 aliphatic heterocycles. The van der Waals surface area contributed by atoms with Crippen molar-refractivity contribution in [2.24, 2.45) is 0 Å². The minimum absolute atomic E-state index is 0.0611.